The fraction of sp³-hybridized carbons (Fsp3) is 0.650. The molecule has 0 aliphatic rings. The van der Waals surface area contributed by atoms with Crippen molar-refractivity contribution in [2.75, 3.05) is 12.4 Å². The number of hydrogen-bond acceptors (Lipinski definition) is 4. The summed E-state index contributed by atoms with van der Waals surface area (Å²) >= 11 is 1.55. The number of phenolic OH excluding ortho intramolecular Hbond substituents is 1. The molecule has 0 aliphatic heterocycles. The molecule has 1 aromatic rings. The van der Waals surface area contributed by atoms with Gasteiger partial charge in [-0.15, -0.1) is 11.8 Å². The Hall–Kier alpha value is -1.16. The third kappa shape index (κ3) is 6.04. The number of benzene rings is 1. The smallest absolute Gasteiger partial charge is 0.315 e. The van der Waals surface area contributed by atoms with Gasteiger partial charge in [-0.3, -0.25) is 4.79 Å². The highest BCUT2D eigenvalue weighted by atomic mass is 32.2. The van der Waals surface area contributed by atoms with Gasteiger partial charge in [-0.2, -0.15) is 0 Å². The van der Waals surface area contributed by atoms with Gasteiger partial charge in [-0.1, -0.05) is 60.6 Å². The summed E-state index contributed by atoms with van der Waals surface area (Å²) < 4.78 is 5.10. The van der Waals surface area contributed by atoms with Crippen LogP contribution in [0.25, 0.3) is 0 Å². The normalized spacial score (nSPS) is 12.3. The van der Waals surface area contributed by atoms with E-state index in [0.717, 1.165) is 28.9 Å². The summed E-state index contributed by atoms with van der Waals surface area (Å²) in [6.07, 6.45) is 0.845. The second kappa shape index (κ2) is 8.28. The maximum atomic E-state index is 11.6. The number of carbonyl (C=O) groups excluding carboxylic acids is 1. The molecule has 0 atom stereocenters. The van der Waals surface area contributed by atoms with Crippen LogP contribution in [0.4, 0.5) is 0 Å². The van der Waals surface area contributed by atoms with E-state index in [4.69, 9.17) is 4.74 Å². The Bertz CT molecular complexity index is 530. The minimum Gasteiger partial charge on any atom is -0.507 e. The quantitative estimate of drug-likeness (QED) is 0.717. The second-order valence-electron chi connectivity index (χ2n) is 8.25. The molecule has 1 rings (SSSR count). The summed E-state index contributed by atoms with van der Waals surface area (Å²) in [5, 5.41) is 10.7. The van der Waals surface area contributed by atoms with Crippen molar-refractivity contribution in [1.29, 1.82) is 0 Å². The van der Waals surface area contributed by atoms with Gasteiger partial charge in [0, 0.05) is 5.75 Å². The minimum absolute atomic E-state index is 0.134. The van der Waals surface area contributed by atoms with E-state index in [1.165, 1.54) is 0 Å². The molecular weight excluding hydrogens is 320 g/mol. The van der Waals surface area contributed by atoms with Crippen molar-refractivity contribution < 1.29 is 14.6 Å². The maximum Gasteiger partial charge on any atom is 0.315 e. The standard InChI is InChI=1S/C20H32O3S/c1-8-9-23-17(21)13-24-12-14-10-15(19(2,3)4)18(22)16(11-14)20(5,6)7/h10-11,22H,8-9,12-13H2,1-7H3. The lowest BCUT2D eigenvalue weighted by atomic mass is 9.78. The molecule has 0 heterocycles. The van der Waals surface area contributed by atoms with Gasteiger partial charge < -0.3 is 9.84 Å². The molecule has 4 heteroatoms. The van der Waals surface area contributed by atoms with Crippen molar-refractivity contribution in [3.63, 3.8) is 0 Å². The second-order valence-corrected chi connectivity index (χ2v) is 9.24. The molecular formula is C20H32O3S. The average molecular weight is 353 g/mol. The zero-order chi connectivity index (χ0) is 18.5. The zero-order valence-corrected chi connectivity index (χ0v) is 17.0. The largest absolute Gasteiger partial charge is 0.507 e. The van der Waals surface area contributed by atoms with E-state index in [9.17, 15) is 9.90 Å². The molecule has 0 unspecified atom stereocenters. The first kappa shape index (κ1) is 20.9. The topological polar surface area (TPSA) is 46.5 Å². The first-order valence-corrected chi connectivity index (χ1v) is 9.72. The molecule has 0 radical (unpaired) electrons. The lowest BCUT2D eigenvalue weighted by Crippen LogP contribution is -2.18. The van der Waals surface area contributed by atoms with Crippen LogP contribution in [0.2, 0.25) is 0 Å². The van der Waals surface area contributed by atoms with Crippen LogP contribution in [0.15, 0.2) is 12.1 Å². The van der Waals surface area contributed by atoms with Crippen LogP contribution < -0.4 is 0 Å². The highest BCUT2D eigenvalue weighted by molar-refractivity contribution is 7.99. The van der Waals surface area contributed by atoms with Crippen LogP contribution in [0.1, 0.15) is 71.6 Å². The molecule has 0 saturated carbocycles. The van der Waals surface area contributed by atoms with Crippen molar-refractivity contribution in [3.8, 4) is 5.75 Å². The Morgan fingerprint density at radius 3 is 2.00 bits per heavy atom. The Kier molecular flexibility index (Phi) is 7.21. The van der Waals surface area contributed by atoms with E-state index in [-0.39, 0.29) is 16.8 Å². The molecule has 0 bridgehead atoms. The zero-order valence-electron chi connectivity index (χ0n) is 16.2. The Balaban J connectivity index is 2.97. The summed E-state index contributed by atoms with van der Waals surface area (Å²) in [5.41, 5.74) is 2.78. The van der Waals surface area contributed by atoms with Crippen LogP contribution in [0.3, 0.4) is 0 Å². The highest BCUT2D eigenvalue weighted by Gasteiger charge is 2.26. The number of hydrogen-bond donors (Lipinski definition) is 1. The third-order valence-electron chi connectivity index (χ3n) is 3.74. The van der Waals surface area contributed by atoms with E-state index >= 15 is 0 Å². The molecule has 0 spiro atoms. The summed E-state index contributed by atoms with van der Waals surface area (Å²) in [7, 11) is 0. The molecule has 1 aromatic carbocycles. The Labute approximate surface area is 151 Å². The summed E-state index contributed by atoms with van der Waals surface area (Å²) in [6, 6.07) is 4.13. The first-order chi connectivity index (χ1) is 11.0. The van der Waals surface area contributed by atoms with E-state index in [1.54, 1.807) is 11.8 Å². The van der Waals surface area contributed by atoms with Gasteiger partial charge in [0.1, 0.15) is 5.75 Å². The number of aromatic hydroxyl groups is 1. The molecule has 1 N–H and O–H groups in total. The van der Waals surface area contributed by atoms with Gasteiger partial charge in [-0.05, 0) is 33.9 Å². The third-order valence-corrected chi connectivity index (χ3v) is 4.72. The number of esters is 1. The Morgan fingerprint density at radius 1 is 1.08 bits per heavy atom. The number of phenols is 1. The van der Waals surface area contributed by atoms with Crippen molar-refractivity contribution in [2.24, 2.45) is 0 Å². The molecule has 136 valence electrons. The maximum absolute atomic E-state index is 11.6. The molecule has 0 saturated heterocycles. The molecule has 0 aliphatic carbocycles. The van der Waals surface area contributed by atoms with Crippen molar-refractivity contribution >= 4 is 17.7 Å². The van der Waals surface area contributed by atoms with Crippen LogP contribution >= 0.6 is 11.8 Å². The summed E-state index contributed by atoms with van der Waals surface area (Å²) in [6.45, 7) is 15.1. The molecule has 0 fully saturated rings. The van der Waals surface area contributed by atoms with Crippen molar-refractivity contribution in [3.05, 3.63) is 28.8 Å². The lowest BCUT2D eigenvalue weighted by molar-refractivity contribution is -0.140. The monoisotopic (exact) mass is 352 g/mol. The predicted molar refractivity (Wildman–Crippen MR) is 103 cm³/mol. The van der Waals surface area contributed by atoms with Gasteiger partial charge in [0.15, 0.2) is 0 Å². The van der Waals surface area contributed by atoms with Crippen LogP contribution in [0.5, 0.6) is 5.75 Å². The van der Waals surface area contributed by atoms with Crippen LogP contribution in [0, 0.1) is 0 Å². The van der Waals surface area contributed by atoms with Crippen molar-refractivity contribution in [2.45, 2.75) is 71.5 Å². The molecule has 0 amide bonds. The van der Waals surface area contributed by atoms with E-state index in [0.29, 0.717) is 18.1 Å². The van der Waals surface area contributed by atoms with Gasteiger partial charge in [-0.25, -0.2) is 0 Å². The lowest BCUT2D eigenvalue weighted by Gasteiger charge is -2.28. The first-order valence-electron chi connectivity index (χ1n) is 8.57. The van der Waals surface area contributed by atoms with Gasteiger partial charge >= 0.3 is 5.97 Å². The van der Waals surface area contributed by atoms with Crippen molar-refractivity contribution in [1.82, 2.24) is 0 Å². The van der Waals surface area contributed by atoms with Crippen LogP contribution in [-0.2, 0) is 26.1 Å². The summed E-state index contributed by atoms with van der Waals surface area (Å²) in [4.78, 5) is 11.6. The molecule has 3 nitrogen and oxygen atoms in total. The minimum atomic E-state index is -0.160. The van der Waals surface area contributed by atoms with Gasteiger partial charge in [0.05, 0.1) is 12.4 Å². The SMILES string of the molecule is CCCOC(=O)CSCc1cc(C(C)(C)C)c(O)c(C(C)(C)C)c1. The van der Waals surface area contributed by atoms with Crippen LogP contribution in [-0.4, -0.2) is 23.4 Å². The highest BCUT2D eigenvalue weighted by Crippen LogP contribution is 2.40. The Morgan fingerprint density at radius 2 is 1.58 bits per heavy atom. The predicted octanol–water partition coefficient (Wildman–Crippen LogP) is 5.17. The molecule has 0 aromatic heterocycles. The van der Waals surface area contributed by atoms with Gasteiger partial charge in [0.2, 0.25) is 0 Å². The summed E-state index contributed by atoms with van der Waals surface area (Å²) in [5.74, 6) is 1.32. The molecule has 24 heavy (non-hydrogen) atoms. The van der Waals surface area contributed by atoms with E-state index in [2.05, 4.69) is 53.7 Å². The number of thioether (sulfide) groups is 1. The van der Waals surface area contributed by atoms with E-state index in [1.807, 2.05) is 6.92 Å². The number of rotatable bonds is 6. The number of carbonyl (C=O) groups is 1. The fourth-order valence-electron chi connectivity index (χ4n) is 2.43. The number of ether oxygens (including phenoxy) is 1. The average Bonchev–Trinajstić information content (AvgIpc) is 2.44. The van der Waals surface area contributed by atoms with Gasteiger partial charge in [0.25, 0.3) is 0 Å². The van der Waals surface area contributed by atoms with E-state index < -0.39 is 0 Å². The fourth-order valence-corrected chi connectivity index (χ4v) is 3.19.